The predicted molar refractivity (Wildman–Crippen MR) is 89.1 cm³/mol. The Bertz CT molecular complexity index is 833. The maximum atomic E-state index is 10.8. The number of nitrogens with zero attached hydrogens (tertiary/aromatic N) is 4. The number of nitro groups is 1. The molecule has 6 nitrogen and oxygen atoms in total. The lowest BCUT2D eigenvalue weighted by atomic mass is 10.2. The molecule has 0 spiro atoms. The van der Waals surface area contributed by atoms with Gasteiger partial charge in [0.1, 0.15) is 0 Å². The van der Waals surface area contributed by atoms with Crippen molar-refractivity contribution < 1.29 is 4.92 Å². The number of thioether (sulfide) groups is 1. The second-order valence-corrected chi connectivity index (χ2v) is 5.89. The van der Waals surface area contributed by atoms with Crippen LogP contribution in [0, 0.1) is 10.1 Å². The van der Waals surface area contributed by atoms with Crippen LogP contribution >= 0.6 is 11.8 Å². The number of hydrogen-bond donors (Lipinski definition) is 0. The van der Waals surface area contributed by atoms with Gasteiger partial charge in [-0.1, -0.05) is 54.2 Å². The van der Waals surface area contributed by atoms with Crippen LogP contribution in [0.5, 0.6) is 0 Å². The lowest BCUT2D eigenvalue weighted by Crippen LogP contribution is -1.95. The highest BCUT2D eigenvalue weighted by Crippen LogP contribution is 2.26. The molecular formula is C16H14N4O2S. The normalized spacial score (nSPS) is 10.7. The Morgan fingerprint density at radius 1 is 1.13 bits per heavy atom. The van der Waals surface area contributed by atoms with Gasteiger partial charge in [0.15, 0.2) is 11.0 Å². The topological polar surface area (TPSA) is 73.8 Å². The van der Waals surface area contributed by atoms with Crippen LogP contribution in [-0.4, -0.2) is 19.7 Å². The number of aromatic nitrogens is 3. The zero-order valence-corrected chi connectivity index (χ0v) is 13.2. The molecule has 3 aromatic rings. The first-order chi connectivity index (χ1) is 11.1. The number of benzene rings is 2. The van der Waals surface area contributed by atoms with Crippen molar-refractivity contribution in [1.29, 1.82) is 0 Å². The summed E-state index contributed by atoms with van der Waals surface area (Å²) in [6.45, 7) is 0. The van der Waals surface area contributed by atoms with Gasteiger partial charge in [-0.05, 0) is 5.56 Å². The van der Waals surface area contributed by atoms with E-state index in [1.807, 2.05) is 48.0 Å². The van der Waals surface area contributed by atoms with Crippen LogP contribution in [0.1, 0.15) is 5.56 Å². The highest BCUT2D eigenvalue weighted by atomic mass is 32.2. The van der Waals surface area contributed by atoms with Crippen LogP contribution < -0.4 is 0 Å². The monoisotopic (exact) mass is 326 g/mol. The fraction of sp³-hybridized carbons (Fsp3) is 0.125. The summed E-state index contributed by atoms with van der Waals surface area (Å²) >= 11 is 1.50. The summed E-state index contributed by atoms with van der Waals surface area (Å²) in [6, 6.07) is 16.5. The standard InChI is InChI=1S/C16H14N4O2S/c1-19-15(13-7-3-2-4-8-13)17-18-16(19)23-11-12-6-5-9-14(10-12)20(21)22/h2-10H,11H2,1H3. The van der Waals surface area contributed by atoms with Crippen molar-refractivity contribution in [2.24, 2.45) is 7.05 Å². The first kappa shape index (κ1) is 15.2. The summed E-state index contributed by atoms with van der Waals surface area (Å²) in [4.78, 5) is 10.4. The summed E-state index contributed by atoms with van der Waals surface area (Å²) < 4.78 is 1.93. The summed E-state index contributed by atoms with van der Waals surface area (Å²) in [7, 11) is 1.91. The lowest BCUT2D eigenvalue weighted by molar-refractivity contribution is -0.384. The maximum absolute atomic E-state index is 10.8. The van der Waals surface area contributed by atoms with E-state index in [9.17, 15) is 10.1 Å². The van der Waals surface area contributed by atoms with Gasteiger partial charge in [0.25, 0.3) is 5.69 Å². The second kappa shape index (κ2) is 6.62. The molecule has 0 amide bonds. The maximum Gasteiger partial charge on any atom is 0.269 e. The first-order valence-corrected chi connectivity index (χ1v) is 7.94. The van der Waals surface area contributed by atoms with Gasteiger partial charge in [0, 0.05) is 30.5 Å². The van der Waals surface area contributed by atoms with E-state index >= 15 is 0 Å². The molecule has 0 bridgehead atoms. The largest absolute Gasteiger partial charge is 0.305 e. The van der Waals surface area contributed by atoms with Crippen LogP contribution in [0.25, 0.3) is 11.4 Å². The third-order valence-electron chi connectivity index (χ3n) is 3.36. The summed E-state index contributed by atoms with van der Waals surface area (Å²) in [5.74, 6) is 1.40. The molecule has 23 heavy (non-hydrogen) atoms. The molecule has 2 aromatic carbocycles. The first-order valence-electron chi connectivity index (χ1n) is 6.96. The van der Waals surface area contributed by atoms with Crippen LogP contribution in [0.15, 0.2) is 59.8 Å². The third kappa shape index (κ3) is 3.40. The van der Waals surface area contributed by atoms with E-state index in [-0.39, 0.29) is 10.6 Å². The molecule has 1 heterocycles. The zero-order valence-electron chi connectivity index (χ0n) is 12.4. The van der Waals surface area contributed by atoms with Gasteiger partial charge in [0.2, 0.25) is 0 Å². The van der Waals surface area contributed by atoms with Gasteiger partial charge in [0.05, 0.1) is 4.92 Å². The van der Waals surface area contributed by atoms with Crippen molar-refractivity contribution in [2.45, 2.75) is 10.9 Å². The van der Waals surface area contributed by atoms with Gasteiger partial charge in [-0.25, -0.2) is 0 Å². The Hall–Kier alpha value is -2.67. The van der Waals surface area contributed by atoms with Gasteiger partial charge in [-0.15, -0.1) is 10.2 Å². The Morgan fingerprint density at radius 3 is 2.65 bits per heavy atom. The third-order valence-corrected chi connectivity index (χ3v) is 4.45. The summed E-state index contributed by atoms with van der Waals surface area (Å²) in [5, 5.41) is 20.0. The van der Waals surface area contributed by atoms with E-state index in [0.717, 1.165) is 22.1 Å². The van der Waals surface area contributed by atoms with Crippen LogP contribution in [0.4, 0.5) is 5.69 Å². The molecule has 0 unspecified atom stereocenters. The minimum absolute atomic E-state index is 0.103. The average molecular weight is 326 g/mol. The van der Waals surface area contributed by atoms with E-state index < -0.39 is 0 Å². The van der Waals surface area contributed by atoms with Crippen LogP contribution in [0.3, 0.4) is 0 Å². The molecule has 0 saturated heterocycles. The molecule has 116 valence electrons. The van der Waals surface area contributed by atoms with E-state index in [1.54, 1.807) is 12.1 Å². The van der Waals surface area contributed by atoms with Crippen LogP contribution in [-0.2, 0) is 12.8 Å². The van der Waals surface area contributed by atoms with Crippen molar-refractivity contribution >= 4 is 17.4 Å². The van der Waals surface area contributed by atoms with Gasteiger partial charge < -0.3 is 4.57 Å². The molecular weight excluding hydrogens is 312 g/mol. The quantitative estimate of drug-likeness (QED) is 0.406. The van der Waals surface area contributed by atoms with Gasteiger partial charge in [-0.2, -0.15) is 0 Å². The average Bonchev–Trinajstić information content (AvgIpc) is 2.95. The number of nitro benzene ring substituents is 1. The smallest absolute Gasteiger partial charge is 0.269 e. The van der Waals surface area contributed by atoms with Crippen molar-refractivity contribution in [3.63, 3.8) is 0 Å². The molecule has 0 fully saturated rings. The molecule has 0 saturated carbocycles. The SMILES string of the molecule is Cn1c(SCc2cccc([N+](=O)[O-])c2)nnc1-c1ccccc1. The Labute approximate surface area is 137 Å². The molecule has 0 aliphatic heterocycles. The summed E-state index contributed by atoms with van der Waals surface area (Å²) in [6.07, 6.45) is 0. The van der Waals surface area contributed by atoms with Crippen molar-refractivity contribution in [3.8, 4) is 11.4 Å². The molecule has 0 radical (unpaired) electrons. The summed E-state index contributed by atoms with van der Waals surface area (Å²) in [5.41, 5.74) is 1.99. The molecule has 7 heteroatoms. The molecule has 0 aliphatic rings. The van der Waals surface area contributed by atoms with Crippen LogP contribution in [0.2, 0.25) is 0 Å². The highest BCUT2D eigenvalue weighted by molar-refractivity contribution is 7.98. The van der Waals surface area contributed by atoms with E-state index in [2.05, 4.69) is 10.2 Å². The van der Waals surface area contributed by atoms with Gasteiger partial charge in [-0.3, -0.25) is 10.1 Å². The Morgan fingerprint density at radius 2 is 1.91 bits per heavy atom. The molecule has 3 rings (SSSR count). The van der Waals surface area contributed by atoms with E-state index in [0.29, 0.717) is 5.75 Å². The van der Waals surface area contributed by atoms with E-state index in [4.69, 9.17) is 0 Å². The molecule has 1 aromatic heterocycles. The Balaban J connectivity index is 1.76. The minimum atomic E-state index is -0.385. The molecule has 0 aliphatic carbocycles. The highest BCUT2D eigenvalue weighted by Gasteiger charge is 2.12. The minimum Gasteiger partial charge on any atom is -0.305 e. The second-order valence-electron chi connectivity index (χ2n) is 4.95. The lowest BCUT2D eigenvalue weighted by Gasteiger charge is -2.04. The van der Waals surface area contributed by atoms with Crippen molar-refractivity contribution in [3.05, 3.63) is 70.3 Å². The predicted octanol–water partition coefficient (Wildman–Crippen LogP) is 3.68. The molecule has 0 N–H and O–H groups in total. The van der Waals surface area contributed by atoms with Crippen molar-refractivity contribution in [1.82, 2.24) is 14.8 Å². The zero-order chi connectivity index (χ0) is 16.2. The fourth-order valence-corrected chi connectivity index (χ4v) is 3.04. The van der Waals surface area contributed by atoms with Gasteiger partial charge >= 0.3 is 0 Å². The number of rotatable bonds is 5. The van der Waals surface area contributed by atoms with Crippen molar-refractivity contribution in [2.75, 3.05) is 0 Å². The number of non-ortho nitro benzene ring substituents is 1. The Kier molecular flexibility index (Phi) is 4.38. The fourth-order valence-electron chi connectivity index (χ4n) is 2.19. The molecule has 0 atom stereocenters. The van der Waals surface area contributed by atoms with E-state index in [1.165, 1.54) is 17.8 Å². The number of hydrogen-bond acceptors (Lipinski definition) is 5.